The van der Waals surface area contributed by atoms with E-state index in [1.807, 2.05) is 6.92 Å². The minimum absolute atomic E-state index is 0.0246. The lowest BCUT2D eigenvalue weighted by molar-refractivity contribution is -0.142. The van der Waals surface area contributed by atoms with Crippen molar-refractivity contribution in [3.63, 3.8) is 0 Å². The molecule has 1 aliphatic carbocycles. The Bertz CT molecular complexity index is 388. The van der Waals surface area contributed by atoms with Crippen LogP contribution < -0.4 is 0 Å². The number of cyclic esters (lactones) is 1. The van der Waals surface area contributed by atoms with Crippen molar-refractivity contribution in [2.24, 2.45) is 11.8 Å². The summed E-state index contributed by atoms with van der Waals surface area (Å²) in [6, 6.07) is 0. The van der Waals surface area contributed by atoms with Crippen molar-refractivity contribution in [1.29, 1.82) is 0 Å². The maximum absolute atomic E-state index is 11.6. The normalized spacial score (nSPS) is 42.5. The smallest absolute Gasteiger partial charge is 0.330 e. The molecular formula is C16H24O4. The fraction of sp³-hybridized carbons (Fsp3) is 0.688. The van der Waals surface area contributed by atoms with Crippen LogP contribution in [-0.2, 0) is 9.53 Å². The highest BCUT2D eigenvalue weighted by molar-refractivity contribution is 5.82. The maximum atomic E-state index is 11.6. The standard InChI is InChI=1S/C16H24O4/c1-11-5-3-2-4-6-12-9-13(17)10-14(12)15(18)7-8-16(19)20-11/h4,6-8,11-15,17-18H,2-3,5,9-10H2,1H3/b6-4+,8-7+/t11-,12+,13+,14+,15-/m0/s1. The van der Waals surface area contributed by atoms with Gasteiger partial charge in [0.25, 0.3) is 0 Å². The van der Waals surface area contributed by atoms with Gasteiger partial charge in [0.1, 0.15) is 0 Å². The van der Waals surface area contributed by atoms with E-state index in [0.29, 0.717) is 12.8 Å². The number of fused-ring (bicyclic) bond motifs is 1. The van der Waals surface area contributed by atoms with Gasteiger partial charge in [-0.3, -0.25) is 0 Å². The molecule has 112 valence electrons. The maximum Gasteiger partial charge on any atom is 0.330 e. The molecular weight excluding hydrogens is 256 g/mol. The van der Waals surface area contributed by atoms with Gasteiger partial charge in [0.2, 0.25) is 0 Å². The summed E-state index contributed by atoms with van der Waals surface area (Å²) in [5.41, 5.74) is 0. The molecule has 2 rings (SSSR count). The molecule has 20 heavy (non-hydrogen) atoms. The summed E-state index contributed by atoms with van der Waals surface area (Å²) in [5, 5.41) is 20.0. The molecule has 1 heterocycles. The van der Waals surface area contributed by atoms with Gasteiger partial charge in [-0.25, -0.2) is 4.79 Å². The van der Waals surface area contributed by atoms with Crippen molar-refractivity contribution in [2.45, 2.75) is 57.3 Å². The Morgan fingerprint density at radius 2 is 2.05 bits per heavy atom. The van der Waals surface area contributed by atoms with E-state index in [0.717, 1.165) is 19.3 Å². The van der Waals surface area contributed by atoms with Crippen LogP contribution in [-0.4, -0.2) is 34.5 Å². The Morgan fingerprint density at radius 1 is 1.25 bits per heavy atom. The molecule has 2 aliphatic rings. The first kappa shape index (κ1) is 15.3. The molecule has 0 aromatic rings. The monoisotopic (exact) mass is 280 g/mol. The quantitative estimate of drug-likeness (QED) is 0.526. The van der Waals surface area contributed by atoms with Gasteiger partial charge < -0.3 is 14.9 Å². The zero-order chi connectivity index (χ0) is 14.5. The van der Waals surface area contributed by atoms with Crippen LogP contribution in [0.3, 0.4) is 0 Å². The molecule has 0 bridgehead atoms. The minimum atomic E-state index is -0.717. The number of hydrogen-bond donors (Lipinski definition) is 2. The van der Waals surface area contributed by atoms with E-state index in [1.165, 1.54) is 12.2 Å². The number of rotatable bonds is 0. The lowest BCUT2D eigenvalue weighted by Gasteiger charge is -2.19. The topological polar surface area (TPSA) is 66.8 Å². The van der Waals surface area contributed by atoms with Crippen LogP contribution >= 0.6 is 0 Å². The lowest BCUT2D eigenvalue weighted by atomic mass is 9.90. The second-order valence-corrected chi connectivity index (χ2v) is 5.91. The average Bonchev–Trinajstić information content (AvgIpc) is 2.76. The van der Waals surface area contributed by atoms with Crippen molar-refractivity contribution < 1.29 is 19.7 Å². The lowest BCUT2D eigenvalue weighted by Crippen LogP contribution is -2.21. The van der Waals surface area contributed by atoms with Crippen LogP contribution in [0.15, 0.2) is 24.3 Å². The van der Waals surface area contributed by atoms with Gasteiger partial charge in [-0.2, -0.15) is 0 Å². The highest BCUT2D eigenvalue weighted by atomic mass is 16.5. The molecule has 1 fully saturated rings. The van der Waals surface area contributed by atoms with Gasteiger partial charge in [-0.1, -0.05) is 12.2 Å². The predicted molar refractivity (Wildman–Crippen MR) is 75.9 cm³/mol. The van der Waals surface area contributed by atoms with Gasteiger partial charge in [-0.15, -0.1) is 0 Å². The van der Waals surface area contributed by atoms with Crippen molar-refractivity contribution >= 4 is 5.97 Å². The number of ether oxygens (including phenoxy) is 1. The third kappa shape index (κ3) is 4.18. The summed E-state index contributed by atoms with van der Waals surface area (Å²) < 4.78 is 5.23. The molecule has 4 heteroatoms. The van der Waals surface area contributed by atoms with Gasteiger partial charge in [-0.05, 0) is 56.9 Å². The Labute approximate surface area is 120 Å². The van der Waals surface area contributed by atoms with Crippen molar-refractivity contribution in [2.75, 3.05) is 0 Å². The SMILES string of the molecule is C[C@H]1CCC/C=C/[C@@H]2C[C@@H](O)C[C@H]2[C@@H](O)/C=C/C(=O)O1. The number of aliphatic hydroxyl groups is 2. The Balaban J connectivity index is 2.11. The van der Waals surface area contributed by atoms with Crippen LogP contribution in [0.25, 0.3) is 0 Å². The molecule has 0 aromatic carbocycles. The van der Waals surface area contributed by atoms with Crippen LogP contribution in [0.2, 0.25) is 0 Å². The summed E-state index contributed by atoms with van der Waals surface area (Å²) in [4.78, 5) is 11.6. The number of aliphatic hydroxyl groups excluding tert-OH is 2. The largest absolute Gasteiger partial charge is 0.460 e. The van der Waals surface area contributed by atoms with Gasteiger partial charge in [0, 0.05) is 6.08 Å². The molecule has 0 unspecified atom stereocenters. The van der Waals surface area contributed by atoms with Crippen LogP contribution in [0.1, 0.15) is 39.0 Å². The molecule has 2 N–H and O–H groups in total. The van der Waals surface area contributed by atoms with E-state index in [9.17, 15) is 15.0 Å². The summed E-state index contributed by atoms with van der Waals surface area (Å²) in [7, 11) is 0. The van der Waals surface area contributed by atoms with Gasteiger partial charge in [0.05, 0.1) is 18.3 Å². The fourth-order valence-electron chi connectivity index (χ4n) is 3.10. The van der Waals surface area contributed by atoms with Gasteiger partial charge >= 0.3 is 5.97 Å². The molecule has 1 aliphatic heterocycles. The minimum Gasteiger partial charge on any atom is -0.460 e. The van der Waals surface area contributed by atoms with Crippen LogP contribution in [0.5, 0.6) is 0 Å². The average molecular weight is 280 g/mol. The van der Waals surface area contributed by atoms with E-state index in [4.69, 9.17) is 4.74 Å². The molecule has 0 radical (unpaired) electrons. The molecule has 0 aromatic heterocycles. The molecule has 4 nitrogen and oxygen atoms in total. The fourth-order valence-corrected chi connectivity index (χ4v) is 3.10. The molecule has 0 amide bonds. The van der Waals surface area contributed by atoms with Crippen LogP contribution in [0.4, 0.5) is 0 Å². The first-order valence-corrected chi connectivity index (χ1v) is 7.48. The van der Waals surface area contributed by atoms with E-state index in [2.05, 4.69) is 12.2 Å². The number of carbonyl (C=O) groups is 1. The Kier molecular flexibility index (Phi) is 5.38. The highest BCUT2D eigenvalue weighted by Crippen LogP contribution is 2.36. The summed E-state index contributed by atoms with van der Waals surface area (Å²) >= 11 is 0. The number of carbonyl (C=O) groups excluding carboxylic acids is 1. The van der Waals surface area contributed by atoms with E-state index >= 15 is 0 Å². The van der Waals surface area contributed by atoms with E-state index in [1.54, 1.807) is 0 Å². The zero-order valence-corrected chi connectivity index (χ0v) is 11.9. The summed E-state index contributed by atoms with van der Waals surface area (Å²) in [6.45, 7) is 1.89. The first-order chi connectivity index (χ1) is 9.56. The number of allylic oxidation sites excluding steroid dienone is 2. The van der Waals surface area contributed by atoms with Crippen molar-refractivity contribution in [1.82, 2.24) is 0 Å². The van der Waals surface area contributed by atoms with Gasteiger partial charge in [0.15, 0.2) is 0 Å². The Hall–Kier alpha value is -1.13. The number of esters is 1. The molecule has 0 saturated heterocycles. The second kappa shape index (κ2) is 7.04. The van der Waals surface area contributed by atoms with Crippen molar-refractivity contribution in [3.05, 3.63) is 24.3 Å². The molecule has 0 spiro atoms. The highest BCUT2D eigenvalue weighted by Gasteiger charge is 2.35. The number of hydrogen-bond acceptors (Lipinski definition) is 4. The second-order valence-electron chi connectivity index (χ2n) is 5.91. The zero-order valence-electron chi connectivity index (χ0n) is 11.9. The third-order valence-electron chi connectivity index (χ3n) is 4.19. The summed E-state index contributed by atoms with van der Waals surface area (Å²) in [5.74, 6) is -0.249. The molecule has 1 saturated carbocycles. The molecule has 5 atom stereocenters. The Morgan fingerprint density at radius 3 is 2.85 bits per heavy atom. The van der Waals surface area contributed by atoms with E-state index < -0.39 is 12.1 Å². The van der Waals surface area contributed by atoms with Crippen LogP contribution in [0, 0.1) is 11.8 Å². The van der Waals surface area contributed by atoms with Crippen molar-refractivity contribution in [3.8, 4) is 0 Å². The third-order valence-corrected chi connectivity index (χ3v) is 4.19. The predicted octanol–water partition coefficient (Wildman–Crippen LogP) is 1.96. The summed E-state index contributed by atoms with van der Waals surface area (Å²) in [6.07, 6.45) is 9.87. The van der Waals surface area contributed by atoms with E-state index in [-0.39, 0.29) is 24.0 Å². The first-order valence-electron chi connectivity index (χ1n) is 7.48.